The molecule has 2 aromatic heterocycles. The van der Waals surface area contributed by atoms with Gasteiger partial charge in [0.15, 0.2) is 5.78 Å². The molecule has 1 saturated carbocycles. The van der Waals surface area contributed by atoms with Crippen molar-refractivity contribution in [3.8, 4) is 0 Å². The molecule has 3 aromatic rings. The van der Waals surface area contributed by atoms with E-state index in [1.807, 2.05) is 30.5 Å². The summed E-state index contributed by atoms with van der Waals surface area (Å²) < 4.78 is 1.62. The molecule has 0 amide bonds. The number of hydrogen-bond acceptors (Lipinski definition) is 8. The van der Waals surface area contributed by atoms with E-state index in [9.17, 15) is 9.59 Å². The van der Waals surface area contributed by atoms with Crippen LogP contribution in [-0.4, -0.2) is 36.8 Å². The molecule has 0 atom stereocenters. The highest BCUT2D eigenvalue weighted by Crippen LogP contribution is 2.30. The predicted molar refractivity (Wildman–Crippen MR) is 120 cm³/mol. The van der Waals surface area contributed by atoms with Gasteiger partial charge in [-0.2, -0.15) is 0 Å². The minimum absolute atomic E-state index is 0.0791. The Labute approximate surface area is 189 Å². The average molecular weight is 456 g/mol. The maximum absolute atomic E-state index is 13.0. The number of benzene rings is 1. The topological polar surface area (TPSA) is 90.6 Å². The Balaban J connectivity index is 1.38. The Bertz CT molecular complexity index is 1090. The Morgan fingerprint density at radius 2 is 2.03 bits per heavy atom. The van der Waals surface area contributed by atoms with Crippen molar-refractivity contribution >= 4 is 34.7 Å². The van der Waals surface area contributed by atoms with E-state index in [0.29, 0.717) is 5.75 Å². The normalized spacial score (nSPS) is 14.3. The van der Waals surface area contributed by atoms with Gasteiger partial charge in [-0.3, -0.25) is 9.59 Å². The minimum atomic E-state index is 0.0791. The number of tetrazole rings is 1. The summed E-state index contributed by atoms with van der Waals surface area (Å²) in [7, 11) is 1.80. The third-order valence-electron chi connectivity index (χ3n) is 5.52. The highest BCUT2D eigenvalue weighted by molar-refractivity contribution is 7.98. The average Bonchev–Trinajstić information content (AvgIpc) is 3.50. The zero-order valence-electron chi connectivity index (χ0n) is 17.7. The van der Waals surface area contributed by atoms with Crippen molar-refractivity contribution in [3.05, 3.63) is 51.0 Å². The maximum atomic E-state index is 13.0. The van der Waals surface area contributed by atoms with Crippen LogP contribution in [0.2, 0.25) is 0 Å². The predicted octanol–water partition coefficient (Wildman–Crippen LogP) is 3.99. The summed E-state index contributed by atoms with van der Waals surface area (Å²) >= 11 is 3.00. The molecule has 0 spiro atoms. The van der Waals surface area contributed by atoms with Gasteiger partial charge in [-0.05, 0) is 41.8 Å². The fraction of sp³-hybridized carbons (Fsp3) is 0.455. The van der Waals surface area contributed by atoms with Crippen LogP contribution in [0.3, 0.4) is 0 Å². The number of rotatable bonds is 9. The summed E-state index contributed by atoms with van der Waals surface area (Å²) in [5.41, 5.74) is 3.54. The van der Waals surface area contributed by atoms with E-state index < -0.39 is 0 Å². The van der Waals surface area contributed by atoms with Crippen molar-refractivity contribution in [2.24, 2.45) is 13.0 Å². The lowest BCUT2D eigenvalue weighted by Gasteiger charge is -2.13. The van der Waals surface area contributed by atoms with Crippen LogP contribution in [0.15, 0.2) is 28.7 Å². The molecule has 0 unspecified atom stereocenters. The highest BCUT2D eigenvalue weighted by atomic mass is 32.2. The number of hydrogen-bond donors (Lipinski definition) is 0. The quantitative estimate of drug-likeness (QED) is 0.356. The van der Waals surface area contributed by atoms with E-state index in [0.717, 1.165) is 58.2 Å². The molecule has 0 aliphatic heterocycles. The molecule has 1 aromatic carbocycles. The van der Waals surface area contributed by atoms with Crippen LogP contribution in [0.5, 0.6) is 0 Å². The lowest BCUT2D eigenvalue weighted by molar-refractivity contribution is -0.117. The van der Waals surface area contributed by atoms with Gasteiger partial charge in [-0.15, -0.1) is 16.4 Å². The summed E-state index contributed by atoms with van der Waals surface area (Å²) in [6, 6.07) is 5.87. The molecule has 1 aliphatic carbocycles. The molecule has 1 fully saturated rings. The lowest BCUT2D eigenvalue weighted by atomic mass is 9.90. The molecule has 0 radical (unpaired) electrons. The van der Waals surface area contributed by atoms with Gasteiger partial charge >= 0.3 is 0 Å². The van der Waals surface area contributed by atoms with Gasteiger partial charge in [0.05, 0.1) is 12.1 Å². The van der Waals surface area contributed by atoms with Crippen molar-refractivity contribution in [3.63, 3.8) is 0 Å². The van der Waals surface area contributed by atoms with Crippen molar-refractivity contribution < 1.29 is 9.59 Å². The second-order valence-corrected chi connectivity index (χ2v) is 9.89. The van der Waals surface area contributed by atoms with Crippen LogP contribution in [0.4, 0.5) is 0 Å². The number of aryl methyl sites for hydroxylation is 2. The van der Waals surface area contributed by atoms with Crippen molar-refractivity contribution in [2.75, 3.05) is 0 Å². The number of Topliss-reactive ketones (excluding diaryl/α,β-unsaturated/α-hetero) is 2. The molecule has 2 heterocycles. The molecular weight excluding hydrogens is 430 g/mol. The molecule has 0 N–H and O–H groups in total. The Morgan fingerprint density at radius 1 is 1.23 bits per heavy atom. The van der Waals surface area contributed by atoms with Gasteiger partial charge in [-0.25, -0.2) is 9.67 Å². The third kappa shape index (κ3) is 5.46. The zero-order valence-corrected chi connectivity index (χ0v) is 19.3. The molecule has 162 valence electrons. The Kier molecular flexibility index (Phi) is 6.92. The number of thiazole rings is 1. The first-order chi connectivity index (χ1) is 15.0. The zero-order chi connectivity index (χ0) is 21.8. The summed E-state index contributed by atoms with van der Waals surface area (Å²) in [6.07, 6.45) is 4.71. The number of carbonyl (C=O) groups is 2. The van der Waals surface area contributed by atoms with Gasteiger partial charge in [0.25, 0.3) is 0 Å². The maximum Gasteiger partial charge on any atom is 0.209 e. The molecule has 0 bridgehead atoms. The van der Waals surface area contributed by atoms with Gasteiger partial charge in [-0.1, -0.05) is 42.3 Å². The fourth-order valence-electron chi connectivity index (χ4n) is 3.90. The Morgan fingerprint density at radius 3 is 2.77 bits per heavy atom. The number of nitrogens with zero attached hydrogens (tertiary/aromatic N) is 5. The van der Waals surface area contributed by atoms with E-state index in [-0.39, 0.29) is 30.3 Å². The molecule has 1 aliphatic rings. The van der Waals surface area contributed by atoms with E-state index in [2.05, 4.69) is 20.5 Å². The molecule has 9 heteroatoms. The van der Waals surface area contributed by atoms with E-state index in [1.165, 1.54) is 23.1 Å². The fourth-order valence-corrected chi connectivity index (χ4v) is 5.57. The second kappa shape index (κ2) is 9.82. The van der Waals surface area contributed by atoms with Crippen LogP contribution in [0, 0.1) is 12.8 Å². The first kappa shape index (κ1) is 21.8. The largest absolute Gasteiger partial charge is 0.299 e. The van der Waals surface area contributed by atoms with Crippen LogP contribution in [0.1, 0.15) is 57.9 Å². The standard InChI is InChI=1S/C22H25N5O2S2/c1-14-7-8-16(19(9-14)21(29)15-5-3-4-6-15)10-18(28)11-20-23-17(12-30-20)13-31-22-24-25-26-27(22)2/h7-9,12,15H,3-6,10-11,13H2,1-2H3. The Hall–Kier alpha value is -2.39. The second-order valence-electron chi connectivity index (χ2n) is 8.00. The lowest BCUT2D eigenvalue weighted by Crippen LogP contribution is -2.16. The van der Waals surface area contributed by atoms with Crippen molar-refractivity contribution in [2.45, 2.75) is 56.4 Å². The summed E-state index contributed by atoms with van der Waals surface area (Å²) in [4.78, 5) is 30.4. The number of ketones is 2. The number of carbonyl (C=O) groups excluding carboxylic acids is 2. The van der Waals surface area contributed by atoms with Crippen LogP contribution in [-0.2, 0) is 30.4 Å². The van der Waals surface area contributed by atoms with Crippen LogP contribution in [0.25, 0.3) is 0 Å². The molecule has 4 rings (SSSR count). The SMILES string of the molecule is Cc1ccc(CC(=O)Cc2nc(CSc3nnnn3C)cs2)c(C(=O)C2CCCC2)c1. The molecule has 7 nitrogen and oxygen atoms in total. The first-order valence-corrected chi connectivity index (χ1v) is 12.3. The van der Waals surface area contributed by atoms with E-state index in [4.69, 9.17) is 0 Å². The summed E-state index contributed by atoms with van der Waals surface area (Å²) in [5, 5.41) is 14.9. The molecular formula is C22H25N5O2S2. The monoisotopic (exact) mass is 455 g/mol. The summed E-state index contributed by atoms with van der Waals surface area (Å²) in [5.74, 6) is 1.04. The number of aromatic nitrogens is 5. The smallest absolute Gasteiger partial charge is 0.209 e. The first-order valence-electron chi connectivity index (χ1n) is 10.4. The van der Waals surface area contributed by atoms with Gasteiger partial charge in [0, 0.05) is 36.1 Å². The highest BCUT2D eigenvalue weighted by Gasteiger charge is 2.26. The third-order valence-corrected chi connectivity index (χ3v) is 7.46. The molecule has 31 heavy (non-hydrogen) atoms. The van der Waals surface area contributed by atoms with Crippen molar-refractivity contribution in [1.29, 1.82) is 0 Å². The van der Waals surface area contributed by atoms with Crippen LogP contribution >= 0.6 is 23.1 Å². The minimum Gasteiger partial charge on any atom is -0.299 e. The van der Waals surface area contributed by atoms with Gasteiger partial charge < -0.3 is 0 Å². The van der Waals surface area contributed by atoms with Crippen molar-refractivity contribution in [1.82, 2.24) is 25.2 Å². The van der Waals surface area contributed by atoms with Crippen LogP contribution < -0.4 is 0 Å². The number of thioether (sulfide) groups is 1. The van der Waals surface area contributed by atoms with Gasteiger partial charge in [0.2, 0.25) is 5.16 Å². The van der Waals surface area contributed by atoms with E-state index in [1.54, 1.807) is 11.7 Å². The summed E-state index contributed by atoms with van der Waals surface area (Å²) in [6.45, 7) is 1.99. The van der Waals surface area contributed by atoms with Gasteiger partial charge in [0.1, 0.15) is 10.8 Å². The van der Waals surface area contributed by atoms with E-state index >= 15 is 0 Å². The molecule has 0 saturated heterocycles.